The standard InChI is InChI=1S/C16H28N2/c1-4-5-12-18(13-11-16(2,3)14-17)15-9-7-6-8-10-15/h6-10H,4-5,11-14,17H2,1-3H3. The van der Waals surface area contributed by atoms with Gasteiger partial charge >= 0.3 is 0 Å². The van der Waals surface area contributed by atoms with Gasteiger partial charge in [-0.1, -0.05) is 45.4 Å². The van der Waals surface area contributed by atoms with Gasteiger partial charge in [0.05, 0.1) is 0 Å². The van der Waals surface area contributed by atoms with Gasteiger partial charge in [0.2, 0.25) is 0 Å². The topological polar surface area (TPSA) is 29.3 Å². The third-order valence-electron chi connectivity index (χ3n) is 3.51. The van der Waals surface area contributed by atoms with Gasteiger partial charge < -0.3 is 10.6 Å². The first-order valence-corrected chi connectivity index (χ1v) is 7.09. The van der Waals surface area contributed by atoms with Crippen LogP contribution in [-0.2, 0) is 0 Å². The number of benzene rings is 1. The van der Waals surface area contributed by atoms with Crippen molar-refractivity contribution in [1.82, 2.24) is 0 Å². The smallest absolute Gasteiger partial charge is 0.0366 e. The average Bonchev–Trinajstić information content (AvgIpc) is 2.40. The van der Waals surface area contributed by atoms with Gasteiger partial charge in [-0.3, -0.25) is 0 Å². The number of nitrogens with zero attached hydrogens (tertiary/aromatic N) is 1. The highest BCUT2D eigenvalue weighted by Crippen LogP contribution is 2.21. The monoisotopic (exact) mass is 248 g/mol. The summed E-state index contributed by atoms with van der Waals surface area (Å²) in [6.07, 6.45) is 3.63. The second kappa shape index (κ2) is 7.42. The van der Waals surface area contributed by atoms with Crippen LogP contribution >= 0.6 is 0 Å². The van der Waals surface area contributed by atoms with E-state index >= 15 is 0 Å². The van der Waals surface area contributed by atoms with Crippen molar-refractivity contribution in [2.75, 3.05) is 24.5 Å². The molecule has 0 radical (unpaired) electrons. The predicted molar refractivity (Wildman–Crippen MR) is 81.0 cm³/mol. The predicted octanol–water partition coefficient (Wildman–Crippen LogP) is 3.67. The summed E-state index contributed by atoms with van der Waals surface area (Å²) >= 11 is 0. The lowest BCUT2D eigenvalue weighted by Crippen LogP contribution is -2.32. The first kappa shape index (κ1) is 15.0. The van der Waals surface area contributed by atoms with Gasteiger partial charge in [0.25, 0.3) is 0 Å². The van der Waals surface area contributed by atoms with Crippen LogP contribution in [0.2, 0.25) is 0 Å². The van der Waals surface area contributed by atoms with Crippen LogP contribution in [0.15, 0.2) is 30.3 Å². The highest BCUT2D eigenvalue weighted by atomic mass is 15.1. The summed E-state index contributed by atoms with van der Waals surface area (Å²) in [5.74, 6) is 0. The number of nitrogens with two attached hydrogens (primary N) is 1. The second-order valence-corrected chi connectivity index (χ2v) is 5.79. The molecular formula is C16H28N2. The molecule has 0 saturated carbocycles. The lowest BCUT2D eigenvalue weighted by molar-refractivity contribution is 0.348. The lowest BCUT2D eigenvalue weighted by Gasteiger charge is -2.30. The van der Waals surface area contributed by atoms with E-state index in [0.717, 1.165) is 26.1 Å². The zero-order valence-electron chi connectivity index (χ0n) is 12.2. The molecule has 0 fully saturated rings. The molecule has 0 aromatic heterocycles. The van der Waals surface area contributed by atoms with Gasteiger partial charge in [-0.2, -0.15) is 0 Å². The highest BCUT2D eigenvalue weighted by molar-refractivity contribution is 5.45. The van der Waals surface area contributed by atoms with Gasteiger partial charge in [0.1, 0.15) is 0 Å². The molecule has 0 spiro atoms. The third kappa shape index (κ3) is 5.09. The summed E-state index contributed by atoms with van der Waals surface area (Å²) in [5, 5.41) is 0. The largest absolute Gasteiger partial charge is 0.372 e. The van der Waals surface area contributed by atoms with Crippen molar-refractivity contribution in [2.24, 2.45) is 11.1 Å². The van der Waals surface area contributed by atoms with Crippen molar-refractivity contribution in [2.45, 2.75) is 40.0 Å². The SMILES string of the molecule is CCCCN(CCC(C)(C)CN)c1ccccc1. The third-order valence-corrected chi connectivity index (χ3v) is 3.51. The van der Waals surface area contributed by atoms with Gasteiger partial charge in [-0.25, -0.2) is 0 Å². The number of rotatable bonds is 8. The molecule has 0 aliphatic rings. The molecule has 0 heterocycles. The molecule has 18 heavy (non-hydrogen) atoms. The maximum Gasteiger partial charge on any atom is 0.0366 e. The fraction of sp³-hybridized carbons (Fsp3) is 0.625. The molecule has 1 aromatic rings. The van der Waals surface area contributed by atoms with Crippen LogP contribution in [-0.4, -0.2) is 19.6 Å². The van der Waals surface area contributed by atoms with E-state index in [1.165, 1.54) is 18.5 Å². The lowest BCUT2D eigenvalue weighted by atomic mass is 9.89. The number of para-hydroxylation sites is 1. The van der Waals surface area contributed by atoms with E-state index in [-0.39, 0.29) is 5.41 Å². The Kier molecular flexibility index (Phi) is 6.20. The molecule has 0 aliphatic carbocycles. The fourth-order valence-corrected chi connectivity index (χ4v) is 1.90. The molecule has 0 saturated heterocycles. The molecular weight excluding hydrogens is 220 g/mol. The number of anilines is 1. The van der Waals surface area contributed by atoms with E-state index in [4.69, 9.17) is 5.73 Å². The summed E-state index contributed by atoms with van der Waals surface area (Å²) in [5.41, 5.74) is 7.38. The molecule has 2 nitrogen and oxygen atoms in total. The maximum atomic E-state index is 5.81. The van der Waals surface area contributed by atoms with Crippen LogP contribution in [0, 0.1) is 5.41 Å². The minimum absolute atomic E-state index is 0.235. The van der Waals surface area contributed by atoms with Crippen molar-refractivity contribution in [3.63, 3.8) is 0 Å². The van der Waals surface area contributed by atoms with Crippen molar-refractivity contribution in [3.05, 3.63) is 30.3 Å². The zero-order chi connectivity index (χ0) is 13.4. The summed E-state index contributed by atoms with van der Waals surface area (Å²) in [7, 11) is 0. The summed E-state index contributed by atoms with van der Waals surface area (Å²) in [4.78, 5) is 2.49. The summed E-state index contributed by atoms with van der Waals surface area (Å²) in [6.45, 7) is 9.72. The number of hydrogen-bond acceptors (Lipinski definition) is 2. The summed E-state index contributed by atoms with van der Waals surface area (Å²) < 4.78 is 0. The Morgan fingerprint density at radius 3 is 2.33 bits per heavy atom. The summed E-state index contributed by atoms with van der Waals surface area (Å²) in [6, 6.07) is 10.7. The van der Waals surface area contributed by atoms with Crippen LogP contribution in [0.5, 0.6) is 0 Å². The quantitative estimate of drug-likeness (QED) is 0.760. The van der Waals surface area contributed by atoms with Crippen molar-refractivity contribution < 1.29 is 0 Å². The normalized spacial score (nSPS) is 11.6. The highest BCUT2D eigenvalue weighted by Gasteiger charge is 2.17. The van der Waals surface area contributed by atoms with Gasteiger partial charge in [0.15, 0.2) is 0 Å². The molecule has 1 aromatic carbocycles. The molecule has 0 amide bonds. The fourth-order valence-electron chi connectivity index (χ4n) is 1.90. The molecule has 1 rings (SSSR count). The molecule has 0 bridgehead atoms. The van der Waals surface area contributed by atoms with Crippen molar-refractivity contribution in [1.29, 1.82) is 0 Å². The molecule has 2 N–H and O–H groups in total. The maximum absolute atomic E-state index is 5.81. The Balaban J connectivity index is 2.62. The Morgan fingerprint density at radius 1 is 1.11 bits per heavy atom. The van der Waals surface area contributed by atoms with Crippen LogP contribution in [0.1, 0.15) is 40.0 Å². The van der Waals surface area contributed by atoms with Crippen LogP contribution in [0.25, 0.3) is 0 Å². The average molecular weight is 248 g/mol. The number of unbranched alkanes of at least 4 members (excludes halogenated alkanes) is 1. The molecule has 0 aliphatic heterocycles. The Labute approximate surface area is 112 Å². The van der Waals surface area contributed by atoms with Crippen molar-refractivity contribution >= 4 is 5.69 Å². The Morgan fingerprint density at radius 2 is 1.78 bits per heavy atom. The molecule has 102 valence electrons. The van der Waals surface area contributed by atoms with Crippen molar-refractivity contribution in [3.8, 4) is 0 Å². The van der Waals surface area contributed by atoms with Crippen LogP contribution in [0.4, 0.5) is 5.69 Å². The molecule has 0 unspecified atom stereocenters. The van der Waals surface area contributed by atoms with Gasteiger partial charge in [-0.15, -0.1) is 0 Å². The van der Waals surface area contributed by atoms with Crippen LogP contribution in [0.3, 0.4) is 0 Å². The Hall–Kier alpha value is -1.02. The second-order valence-electron chi connectivity index (χ2n) is 5.79. The first-order valence-electron chi connectivity index (χ1n) is 7.09. The number of hydrogen-bond donors (Lipinski definition) is 1. The Bertz CT molecular complexity index is 319. The van der Waals surface area contributed by atoms with E-state index < -0.39 is 0 Å². The van der Waals surface area contributed by atoms with E-state index in [2.05, 4.69) is 56.0 Å². The van der Waals surface area contributed by atoms with Gasteiger partial charge in [0, 0.05) is 18.8 Å². The molecule has 2 heteroatoms. The van der Waals surface area contributed by atoms with E-state index in [1.807, 2.05) is 0 Å². The van der Waals surface area contributed by atoms with E-state index in [0.29, 0.717) is 0 Å². The minimum Gasteiger partial charge on any atom is -0.372 e. The minimum atomic E-state index is 0.235. The van der Waals surface area contributed by atoms with Crippen LogP contribution < -0.4 is 10.6 Å². The zero-order valence-corrected chi connectivity index (χ0v) is 12.2. The van der Waals surface area contributed by atoms with E-state index in [1.54, 1.807) is 0 Å². The first-order chi connectivity index (χ1) is 8.59. The molecule has 0 atom stereocenters. The van der Waals surface area contributed by atoms with Gasteiger partial charge in [-0.05, 0) is 36.9 Å². The van der Waals surface area contributed by atoms with E-state index in [9.17, 15) is 0 Å².